The number of fused-ring (bicyclic) bond motifs is 9. The molecule has 256 valence electrons. The number of hydrogen-bond donors (Lipinski definition) is 0. The number of hydrogen-bond acceptors (Lipinski definition) is 1. The SMILES string of the molecule is C1=CCCC(c2ccc3c(c2)c2c4c(ccc2n3C2C=C3C=CCCC3=CC2)N(C2C=CC(c3ccccc3)=C3CCC=CC32)C2CCC=CC42)=C1. The Morgan fingerprint density at radius 3 is 2.44 bits per heavy atom. The molecule has 1 aromatic heterocycles. The summed E-state index contributed by atoms with van der Waals surface area (Å²) >= 11 is 0. The Hall–Kier alpha value is -5.08. The van der Waals surface area contributed by atoms with Gasteiger partial charge in [-0.2, -0.15) is 0 Å². The third kappa shape index (κ3) is 4.69. The number of allylic oxidation sites excluding steroid dienone is 14. The summed E-state index contributed by atoms with van der Waals surface area (Å²) in [6, 6.07) is 24.6. The van der Waals surface area contributed by atoms with Crippen LogP contribution >= 0.6 is 0 Å². The van der Waals surface area contributed by atoms with Crippen molar-refractivity contribution < 1.29 is 0 Å². The molecule has 52 heavy (non-hydrogen) atoms. The van der Waals surface area contributed by atoms with Gasteiger partial charge >= 0.3 is 0 Å². The highest BCUT2D eigenvalue weighted by Crippen LogP contribution is 2.54. The zero-order valence-corrected chi connectivity index (χ0v) is 29.9. The maximum Gasteiger partial charge on any atom is 0.0580 e. The summed E-state index contributed by atoms with van der Waals surface area (Å²) in [4.78, 5) is 2.88. The summed E-state index contributed by atoms with van der Waals surface area (Å²) in [6.45, 7) is 0. The van der Waals surface area contributed by atoms with Crippen molar-refractivity contribution in [2.45, 2.75) is 81.8 Å². The highest BCUT2D eigenvalue weighted by Gasteiger charge is 2.45. The first-order valence-electron chi connectivity index (χ1n) is 19.9. The largest absolute Gasteiger partial charge is 0.360 e. The van der Waals surface area contributed by atoms with Crippen LogP contribution in [-0.2, 0) is 0 Å². The first kappa shape index (κ1) is 30.5. The fourth-order valence-electron chi connectivity index (χ4n) is 10.9. The average molecular weight is 675 g/mol. The highest BCUT2D eigenvalue weighted by atomic mass is 15.2. The van der Waals surface area contributed by atoms with E-state index in [1.54, 1.807) is 11.1 Å². The molecule has 5 unspecified atom stereocenters. The van der Waals surface area contributed by atoms with Gasteiger partial charge in [0.15, 0.2) is 0 Å². The van der Waals surface area contributed by atoms with Crippen molar-refractivity contribution in [1.82, 2.24) is 4.57 Å². The lowest BCUT2D eigenvalue weighted by Gasteiger charge is -2.43. The fourth-order valence-corrected chi connectivity index (χ4v) is 10.9. The first-order valence-corrected chi connectivity index (χ1v) is 19.9. The van der Waals surface area contributed by atoms with E-state index in [1.165, 1.54) is 73.8 Å². The molecule has 2 heteroatoms. The van der Waals surface area contributed by atoms with Gasteiger partial charge in [0.25, 0.3) is 0 Å². The van der Waals surface area contributed by atoms with Crippen LogP contribution in [0.15, 0.2) is 156 Å². The van der Waals surface area contributed by atoms with Gasteiger partial charge < -0.3 is 9.47 Å². The van der Waals surface area contributed by atoms with Gasteiger partial charge in [0.1, 0.15) is 0 Å². The van der Waals surface area contributed by atoms with E-state index in [-0.39, 0.29) is 0 Å². The lowest BCUT2D eigenvalue weighted by Crippen LogP contribution is -2.46. The molecule has 0 radical (unpaired) electrons. The van der Waals surface area contributed by atoms with Crippen molar-refractivity contribution in [3.8, 4) is 0 Å². The zero-order valence-electron chi connectivity index (χ0n) is 29.9. The van der Waals surface area contributed by atoms with Gasteiger partial charge in [0, 0.05) is 39.9 Å². The monoisotopic (exact) mass is 674 g/mol. The molecule has 4 aromatic rings. The second kappa shape index (κ2) is 12.3. The maximum absolute atomic E-state index is 2.88. The molecule has 0 saturated heterocycles. The van der Waals surface area contributed by atoms with E-state index in [4.69, 9.17) is 0 Å². The fraction of sp³-hybridized carbons (Fsp3) is 0.280. The van der Waals surface area contributed by atoms with Gasteiger partial charge in [-0.15, -0.1) is 0 Å². The van der Waals surface area contributed by atoms with Crippen LogP contribution in [0.5, 0.6) is 0 Å². The Bertz CT molecular complexity index is 2410. The Balaban J connectivity index is 1.12. The van der Waals surface area contributed by atoms with Crippen LogP contribution < -0.4 is 4.90 Å². The molecule has 2 nitrogen and oxygen atoms in total. The molecule has 0 spiro atoms. The molecule has 0 fully saturated rings. The van der Waals surface area contributed by atoms with Crippen LogP contribution in [0.3, 0.4) is 0 Å². The van der Waals surface area contributed by atoms with E-state index >= 15 is 0 Å². The van der Waals surface area contributed by atoms with E-state index < -0.39 is 0 Å². The minimum Gasteiger partial charge on any atom is -0.360 e. The summed E-state index contributed by atoms with van der Waals surface area (Å²) < 4.78 is 2.70. The van der Waals surface area contributed by atoms with Crippen molar-refractivity contribution in [2.75, 3.05) is 4.90 Å². The minimum atomic E-state index is 0.301. The van der Waals surface area contributed by atoms with Crippen molar-refractivity contribution in [3.63, 3.8) is 0 Å². The predicted molar refractivity (Wildman–Crippen MR) is 220 cm³/mol. The summed E-state index contributed by atoms with van der Waals surface area (Å²) in [5, 5.41) is 2.91. The normalized spacial score (nSPS) is 27.3. The van der Waals surface area contributed by atoms with Crippen LogP contribution in [0.1, 0.15) is 86.4 Å². The molecule has 0 saturated carbocycles. The van der Waals surface area contributed by atoms with Gasteiger partial charge in [0.05, 0.1) is 17.6 Å². The molecular formula is C50H46N2. The number of anilines is 1. The van der Waals surface area contributed by atoms with Gasteiger partial charge in [-0.05, 0) is 121 Å². The number of nitrogens with zero attached hydrogens (tertiary/aromatic N) is 2. The third-order valence-corrected chi connectivity index (χ3v) is 13.2. The standard InChI is InChI=1S/C50H46N2/c1-3-13-33(14-4-1)37-24-27-46-43(32-37)50-47(51(46)38-25-23-34-15-7-8-18-36(34)31-38)29-30-48-49(50)42-21-11-12-22-44(42)52(48)45-28-26-39(35-16-5-2-6-17-35)40-19-9-10-20-41(40)45/h1-3,5-6,8,10-11,13,16-18,20-21,23-24,26-32,38,41-42,44-45H,4,7,9,12,14-15,19,22,25H2. The van der Waals surface area contributed by atoms with Crippen LogP contribution in [0.2, 0.25) is 0 Å². The molecule has 0 amide bonds. The Kier molecular flexibility index (Phi) is 7.20. The Morgan fingerprint density at radius 2 is 1.52 bits per heavy atom. The maximum atomic E-state index is 2.88. The third-order valence-electron chi connectivity index (χ3n) is 13.2. The molecule has 0 bridgehead atoms. The topological polar surface area (TPSA) is 8.17 Å². The summed E-state index contributed by atoms with van der Waals surface area (Å²) in [7, 11) is 0. The van der Waals surface area contributed by atoms with E-state index in [0.717, 1.165) is 44.9 Å². The van der Waals surface area contributed by atoms with E-state index in [9.17, 15) is 0 Å². The number of aromatic nitrogens is 1. The first-order chi connectivity index (χ1) is 25.8. The van der Waals surface area contributed by atoms with Crippen molar-refractivity contribution >= 4 is 38.6 Å². The van der Waals surface area contributed by atoms with Gasteiger partial charge in [0.2, 0.25) is 0 Å². The van der Waals surface area contributed by atoms with Crippen LogP contribution in [0, 0.1) is 5.92 Å². The van der Waals surface area contributed by atoms with Gasteiger partial charge in [-0.1, -0.05) is 121 Å². The molecular weight excluding hydrogens is 629 g/mol. The smallest absolute Gasteiger partial charge is 0.0580 e. The molecule has 1 aliphatic heterocycles. The van der Waals surface area contributed by atoms with Gasteiger partial charge in [-0.3, -0.25) is 0 Å². The summed E-state index contributed by atoms with van der Waals surface area (Å²) in [5.41, 5.74) is 16.0. The molecule has 0 N–H and O–H groups in total. The zero-order chi connectivity index (χ0) is 34.2. The Morgan fingerprint density at radius 1 is 0.673 bits per heavy atom. The van der Waals surface area contributed by atoms with Crippen LogP contribution in [0.4, 0.5) is 5.69 Å². The van der Waals surface area contributed by atoms with Crippen LogP contribution in [-0.4, -0.2) is 16.7 Å². The molecule has 11 rings (SSSR count). The van der Waals surface area contributed by atoms with Crippen molar-refractivity contribution in [3.05, 3.63) is 173 Å². The average Bonchev–Trinajstić information content (AvgIpc) is 3.73. The minimum absolute atomic E-state index is 0.301. The lowest BCUT2D eigenvalue weighted by molar-refractivity contribution is 0.461. The molecule has 6 aliphatic carbocycles. The van der Waals surface area contributed by atoms with E-state index in [2.05, 4.69) is 149 Å². The quantitative estimate of drug-likeness (QED) is 0.196. The summed E-state index contributed by atoms with van der Waals surface area (Å²) in [5.74, 6) is 0.771. The molecule has 7 aliphatic rings. The van der Waals surface area contributed by atoms with E-state index in [0.29, 0.717) is 30.0 Å². The van der Waals surface area contributed by atoms with Crippen molar-refractivity contribution in [1.29, 1.82) is 0 Å². The number of benzene rings is 3. The second-order valence-corrected chi connectivity index (χ2v) is 15.9. The second-order valence-electron chi connectivity index (χ2n) is 15.9. The van der Waals surface area contributed by atoms with Crippen molar-refractivity contribution in [2.24, 2.45) is 5.92 Å². The van der Waals surface area contributed by atoms with E-state index in [1.807, 2.05) is 0 Å². The van der Waals surface area contributed by atoms with Crippen LogP contribution in [0.25, 0.3) is 33.0 Å². The molecule has 3 aromatic carbocycles. The van der Waals surface area contributed by atoms with Gasteiger partial charge in [-0.25, -0.2) is 0 Å². The molecule has 2 heterocycles. The number of rotatable bonds is 4. The lowest BCUT2D eigenvalue weighted by atomic mass is 9.75. The summed E-state index contributed by atoms with van der Waals surface area (Å²) in [6.07, 6.45) is 42.0. The predicted octanol–water partition coefficient (Wildman–Crippen LogP) is 12.7. The Labute approximate surface area is 307 Å². The highest BCUT2D eigenvalue weighted by molar-refractivity contribution is 6.13. The molecule has 5 atom stereocenters.